The number of piperidine rings is 2. The Balaban J connectivity index is 1.23. The van der Waals surface area contributed by atoms with Crippen LogP contribution in [0.4, 0.5) is 13.2 Å². The first kappa shape index (κ1) is 29.1. The normalized spacial score (nSPS) is 42.6. The van der Waals surface area contributed by atoms with Gasteiger partial charge in [0.05, 0.1) is 5.92 Å². The molecule has 10 heteroatoms. The molecule has 39 heavy (non-hydrogen) atoms. The fourth-order valence-corrected chi connectivity index (χ4v) is 8.53. The van der Waals surface area contributed by atoms with Gasteiger partial charge in [-0.1, -0.05) is 6.92 Å². The number of fused-ring (bicyclic) bond motifs is 1. The van der Waals surface area contributed by atoms with E-state index < -0.39 is 18.0 Å². The molecular weight excluding hydrogens is 507 g/mol. The second-order valence-corrected chi connectivity index (χ2v) is 13.4. The van der Waals surface area contributed by atoms with Gasteiger partial charge in [0.25, 0.3) is 0 Å². The topological polar surface area (TPSA) is 76.7 Å². The first-order chi connectivity index (χ1) is 18.5. The van der Waals surface area contributed by atoms with Gasteiger partial charge >= 0.3 is 6.18 Å². The van der Waals surface area contributed by atoms with Crippen molar-refractivity contribution < 1.29 is 22.8 Å². The minimum atomic E-state index is -4.28. The summed E-state index contributed by atoms with van der Waals surface area (Å²) in [7, 11) is 1.95. The van der Waals surface area contributed by atoms with Crippen molar-refractivity contribution in [2.45, 2.75) is 95.6 Å². The Morgan fingerprint density at radius 3 is 2.46 bits per heavy atom. The molecule has 5 rings (SSSR count). The van der Waals surface area contributed by atoms with Crippen LogP contribution in [0.25, 0.3) is 0 Å². The number of alkyl halides is 3. The van der Waals surface area contributed by atoms with Crippen LogP contribution >= 0.6 is 0 Å². The van der Waals surface area contributed by atoms with Gasteiger partial charge in [-0.3, -0.25) is 14.5 Å². The highest BCUT2D eigenvalue weighted by Gasteiger charge is 2.49. The van der Waals surface area contributed by atoms with Gasteiger partial charge in [-0.25, -0.2) is 0 Å². The Kier molecular flexibility index (Phi) is 8.84. The highest BCUT2D eigenvalue weighted by molar-refractivity contribution is 5.81. The molecule has 3 aliphatic heterocycles. The first-order valence-electron chi connectivity index (χ1n) is 15.3. The van der Waals surface area contributed by atoms with E-state index in [0.717, 1.165) is 64.8 Å². The Bertz CT molecular complexity index is 881. The third-order valence-electron chi connectivity index (χ3n) is 10.9. The maximum atomic E-state index is 13.9. The zero-order valence-corrected chi connectivity index (χ0v) is 23.8. The van der Waals surface area contributed by atoms with Crippen LogP contribution in [0.1, 0.15) is 65.2 Å². The van der Waals surface area contributed by atoms with Crippen molar-refractivity contribution in [2.75, 3.05) is 39.8 Å². The second-order valence-electron chi connectivity index (χ2n) is 13.4. The molecule has 0 bridgehead atoms. The van der Waals surface area contributed by atoms with E-state index in [1.165, 1.54) is 0 Å². The third-order valence-corrected chi connectivity index (χ3v) is 10.9. The van der Waals surface area contributed by atoms with Crippen molar-refractivity contribution >= 4 is 11.8 Å². The monoisotopic (exact) mass is 555 g/mol. The number of rotatable bonds is 4. The molecular formula is C29H48F3N5O2. The second kappa shape index (κ2) is 11.8. The molecule has 7 nitrogen and oxygen atoms in total. The molecule has 10 unspecified atom stereocenters. The van der Waals surface area contributed by atoms with Gasteiger partial charge < -0.3 is 20.9 Å². The highest BCUT2D eigenvalue weighted by Crippen LogP contribution is 2.44. The number of carbonyl (C=O) groups excluding carboxylic acids is 2. The average Bonchev–Trinajstić information content (AvgIpc) is 2.92. The van der Waals surface area contributed by atoms with Gasteiger partial charge in [0, 0.05) is 75.8 Å². The van der Waals surface area contributed by atoms with Crippen molar-refractivity contribution in [3.05, 3.63) is 0 Å². The lowest BCUT2D eigenvalue weighted by atomic mass is 9.65. The summed E-state index contributed by atoms with van der Waals surface area (Å²) < 4.78 is 41.6. The molecule has 0 aromatic carbocycles. The van der Waals surface area contributed by atoms with E-state index in [2.05, 4.69) is 34.7 Å². The van der Waals surface area contributed by atoms with Crippen molar-refractivity contribution in [3.63, 3.8) is 0 Å². The molecule has 0 aromatic rings. The molecule has 5 fully saturated rings. The molecule has 2 aliphatic carbocycles. The number of amides is 2. The number of nitrogens with one attached hydrogen (secondary N) is 3. The summed E-state index contributed by atoms with van der Waals surface area (Å²) in [5.41, 5.74) is 0. The largest absolute Gasteiger partial charge is 0.391 e. The number of hydrogen-bond acceptors (Lipinski definition) is 5. The fraction of sp³-hybridized carbons (Fsp3) is 0.931. The van der Waals surface area contributed by atoms with Crippen LogP contribution in [0, 0.1) is 35.5 Å². The summed E-state index contributed by atoms with van der Waals surface area (Å²) in [5, 5.41) is 10.0. The number of piperazine rings is 1. The first-order valence-corrected chi connectivity index (χ1v) is 15.3. The molecule has 2 saturated carbocycles. The lowest BCUT2D eigenvalue weighted by Gasteiger charge is -2.50. The molecule has 3 heterocycles. The van der Waals surface area contributed by atoms with Crippen molar-refractivity contribution in [2.24, 2.45) is 35.5 Å². The fourth-order valence-electron chi connectivity index (χ4n) is 8.53. The predicted molar refractivity (Wildman–Crippen MR) is 144 cm³/mol. The standard InChI is InChI=1S/C29H48F3N5O2/c1-17-4-5-22(15-24(17)25-13-20-16-34-18(2)10-26(20)36(3)28(25)39)35-27(38)19-11-21(29(30,31)32)14-23(12-19)37-8-6-33-7-9-37/h17-26,33-34H,4-16H2,1-3H3,(H,35,38). The molecule has 5 aliphatic rings. The van der Waals surface area contributed by atoms with E-state index in [0.29, 0.717) is 24.3 Å². The summed E-state index contributed by atoms with van der Waals surface area (Å²) >= 11 is 0. The third kappa shape index (κ3) is 6.43. The highest BCUT2D eigenvalue weighted by atomic mass is 19.4. The lowest BCUT2D eigenvalue weighted by molar-refractivity contribution is -0.192. The van der Waals surface area contributed by atoms with E-state index in [-0.39, 0.29) is 54.6 Å². The van der Waals surface area contributed by atoms with E-state index in [4.69, 9.17) is 0 Å². The lowest BCUT2D eigenvalue weighted by Crippen LogP contribution is -2.60. The van der Waals surface area contributed by atoms with Crippen molar-refractivity contribution in [1.82, 2.24) is 25.8 Å². The van der Waals surface area contributed by atoms with Crippen LogP contribution < -0.4 is 16.0 Å². The summed E-state index contributed by atoms with van der Waals surface area (Å²) in [5.74, 6) is -1.09. The Morgan fingerprint density at radius 2 is 1.74 bits per heavy atom. The zero-order valence-electron chi connectivity index (χ0n) is 23.8. The van der Waals surface area contributed by atoms with Gasteiger partial charge in [0.15, 0.2) is 0 Å². The van der Waals surface area contributed by atoms with Crippen LogP contribution in [-0.2, 0) is 9.59 Å². The molecule has 0 aromatic heterocycles. The SMILES string of the molecule is CC1CC2C(CN1)CC(C1CC(NC(=O)C3CC(N4CCNCC4)CC(C(F)(F)F)C3)CCC1C)C(=O)N2C. The number of hydrogen-bond donors (Lipinski definition) is 3. The molecule has 222 valence electrons. The molecule has 10 atom stereocenters. The van der Waals surface area contributed by atoms with Crippen LogP contribution in [0.3, 0.4) is 0 Å². The van der Waals surface area contributed by atoms with Gasteiger partial charge in [-0.15, -0.1) is 0 Å². The van der Waals surface area contributed by atoms with Gasteiger partial charge in [-0.2, -0.15) is 13.2 Å². The van der Waals surface area contributed by atoms with Crippen LogP contribution in [0.15, 0.2) is 0 Å². The molecule has 2 amide bonds. The van der Waals surface area contributed by atoms with E-state index in [1.807, 2.05) is 11.9 Å². The van der Waals surface area contributed by atoms with Crippen LogP contribution in [-0.4, -0.2) is 91.7 Å². The van der Waals surface area contributed by atoms with Crippen LogP contribution in [0.5, 0.6) is 0 Å². The summed E-state index contributed by atoms with van der Waals surface area (Å²) in [6.45, 7) is 8.33. The van der Waals surface area contributed by atoms with Gasteiger partial charge in [0.1, 0.15) is 0 Å². The predicted octanol–water partition coefficient (Wildman–Crippen LogP) is 3.00. The summed E-state index contributed by atoms with van der Waals surface area (Å²) in [6, 6.07) is 0.408. The van der Waals surface area contributed by atoms with E-state index in [1.54, 1.807) is 0 Å². The number of likely N-dealkylation sites (tertiary alicyclic amines) is 1. The maximum Gasteiger partial charge on any atom is 0.391 e. The molecule has 0 spiro atoms. The van der Waals surface area contributed by atoms with Crippen LogP contribution in [0.2, 0.25) is 0 Å². The number of nitrogens with zero attached hydrogens (tertiary/aromatic N) is 2. The number of halogens is 3. The minimum absolute atomic E-state index is 0.0532. The summed E-state index contributed by atoms with van der Waals surface area (Å²) in [4.78, 5) is 31.1. The van der Waals surface area contributed by atoms with Gasteiger partial charge in [-0.05, 0) is 76.0 Å². The van der Waals surface area contributed by atoms with Gasteiger partial charge in [0.2, 0.25) is 11.8 Å². The average molecular weight is 556 g/mol. The Hall–Kier alpha value is -1.39. The van der Waals surface area contributed by atoms with Crippen molar-refractivity contribution in [3.8, 4) is 0 Å². The Labute approximate surface area is 231 Å². The quantitative estimate of drug-likeness (QED) is 0.497. The molecule has 3 N–H and O–H groups in total. The van der Waals surface area contributed by atoms with E-state index >= 15 is 0 Å². The smallest absolute Gasteiger partial charge is 0.353 e. The van der Waals surface area contributed by atoms with Crippen molar-refractivity contribution in [1.29, 1.82) is 0 Å². The Morgan fingerprint density at radius 1 is 1.00 bits per heavy atom. The van der Waals surface area contributed by atoms with E-state index in [9.17, 15) is 22.8 Å². The molecule has 3 saturated heterocycles. The zero-order chi connectivity index (χ0) is 27.9. The maximum absolute atomic E-state index is 13.9. The molecule has 0 radical (unpaired) electrons. The minimum Gasteiger partial charge on any atom is -0.353 e. The summed E-state index contributed by atoms with van der Waals surface area (Å²) in [6.07, 6.45) is 0.509. The number of carbonyl (C=O) groups is 2.